The zero-order chi connectivity index (χ0) is 28.9. The summed E-state index contributed by atoms with van der Waals surface area (Å²) in [5.41, 5.74) is 1.32. The number of rotatable bonds is 10. The number of amides is 1. The van der Waals surface area contributed by atoms with Crippen molar-refractivity contribution in [3.05, 3.63) is 118 Å². The van der Waals surface area contributed by atoms with Gasteiger partial charge in [-0.05, 0) is 60.2 Å². The van der Waals surface area contributed by atoms with Crippen LogP contribution in [0.3, 0.4) is 0 Å². The van der Waals surface area contributed by atoms with E-state index in [4.69, 9.17) is 27.9 Å². The van der Waals surface area contributed by atoms with Crippen molar-refractivity contribution in [1.82, 2.24) is 4.90 Å². The number of carbonyl (C=O) groups is 1. The number of benzene rings is 4. The molecule has 208 valence electrons. The quantitative estimate of drug-likeness (QED) is 0.183. The second-order valence-electron chi connectivity index (χ2n) is 10.5. The molecule has 4 rings (SSSR count). The summed E-state index contributed by atoms with van der Waals surface area (Å²) in [4.78, 5) is 15.7. The number of ether oxygens (including phenoxy) is 1. The lowest BCUT2D eigenvalue weighted by Gasteiger charge is -2.30. The van der Waals surface area contributed by atoms with Crippen LogP contribution in [-0.4, -0.2) is 33.5 Å². The number of carbonyl (C=O) groups excluding carboxylic acids is 1. The molecule has 0 unspecified atom stereocenters. The van der Waals surface area contributed by atoms with Gasteiger partial charge < -0.3 is 9.64 Å². The van der Waals surface area contributed by atoms with Crippen molar-refractivity contribution in [2.45, 2.75) is 31.1 Å². The number of anilines is 1. The lowest BCUT2D eigenvalue weighted by molar-refractivity contribution is 0.0770. The van der Waals surface area contributed by atoms with Gasteiger partial charge in [0.15, 0.2) is 0 Å². The number of sulfonamides is 1. The maximum atomic E-state index is 13.9. The first-order valence-electron chi connectivity index (χ1n) is 12.6. The van der Waals surface area contributed by atoms with E-state index in [1.165, 1.54) is 24.3 Å². The third-order valence-corrected chi connectivity index (χ3v) is 9.08. The molecule has 0 aromatic heterocycles. The molecule has 6 nitrogen and oxygen atoms in total. The Kier molecular flexibility index (Phi) is 9.25. The van der Waals surface area contributed by atoms with E-state index in [1.54, 1.807) is 47.4 Å². The number of hydrogen-bond donors (Lipinski definition) is 1. The van der Waals surface area contributed by atoms with Gasteiger partial charge >= 0.3 is 0 Å². The highest BCUT2D eigenvalue weighted by Gasteiger charge is 2.27. The Morgan fingerprint density at radius 2 is 1.52 bits per heavy atom. The average Bonchev–Trinajstić information content (AvgIpc) is 2.90. The topological polar surface area (TPSA) is 75.7 Å². The summed E-state index contributed by atoms with van der Waals surface area (Å²) >= 11 is 12.4. The molecular weight excluding hydrogens is 583 g/mol. The van der Waals surface area contributed by atoms with Gasteiger partial charge in [0.05, 0.1) is 29.2 Å². The predicted octanol–water partition coefficient (Wildman–Crippen LogP) is 8.11. The first kappa shape index (κ1) is 29.7. The lowest BCUT2D eigenvalue weighted by Crippen LogP contribution is -2.43. The fourth-order valence-electron chi connectivity index (χ4n) is 4.07. The van der Waals surface area contributed by atoms with Crippen molar-refractivity contribution in [3.63, 3.8) is 0 Å². The summed E-state index contributed by atoms with van der Waals surface area (Å²) in [6.07, 6.45) is 0.590. The van der Waals surface area contributed by atoms with Crippen LogP contribution in [-0.2, 0) is 16.6 Å². The minimum atomic E-state index is -4.04. The van der Waals surface area contributed by atoms with Gasteiger partial charge in [0.25, 0.3) is 15.9 Å². The highest BCUT2D eigenvalue weighted by Crippen LogP contribution is 2.30. The van der Waals surface area contributed by atoms with Crippen molar-refractivity contribution >= 4 is 52.9 Å². The first-order chi connectivity index (χ1) is 18.9. The molecule has 0 atom stereocenters. The van der Waals surface area contributed by atoms with E-state index in [9.17, 15) is 13.2 Å². The molecule has 10 heteroatoms. The van der Waals surface area contributed by atoms with Crippen molar-refractivity contribution < 1.29 is 17.9 Å². The van der Waals surface area contributed by atoms with Crippen LogP contribution in [0.15, 0.2) is 102 Å². The van der Waals surface area contributed by atoms with Crippen molar-refractivity contribution in [3.8, 4) is 11.5 Å². The third kappa shape index (κ3) is 7.88. The minimum absolute atomic E-state index is 0.00981. The van der Waals surface area contributed by atoms with Crippen molar-refractivity contribution in [2.24, 2.45) is 0 Å². The molecule has 0 heterocycles. The zero-order valence-corrected chi connectivity index (χ0v) is 25.7. The van der Waals surface area contributed by atoms with E-state index in [2.05, 4.69) is 24.4 Å². The smallest absolute Gasteiger partial charge is 0.261 e. The lowest BCUT2D eigenvalue weighted by atomic mass is 10.1. The van der Waals surface area contributed by atoms with Gasteiger partial charge in [-0.3, -0.25) is 9.52 Å². The van der Waals surface area contributed by atoms with Crippen LogP contribution in [0.1, 0.15) is 15.9 Å². The van der Waals surface area contributed by atoms with Gasteiger partial charge in [0.2, 0.25) is 0 Å². The fraction of sp³-hybridized carbons (Fsp3) is 0.167. The van der Waals surface area contributed by atoms with Crippen LogP contribution in [0, 0.1) is 0 Å². The molecule has 0 aliphatic carbocycles. The molecule has 0 saturated carbocycles. The molecule has 1 amide bonds. The van der Waals surface area contributed by atoms with Crippen LogP contribution in [0.25, 0.3) is 0 Å². The summed E-state index contributed by atoms with van der Waals surface area (Å²) < 4.78 is 35.1. The van der Waals surface area contributed by atoms with E-state index >= 15 is 0 Å². The molecule has 4 aromatic rings. The molecule has 0 spiro atoms. The molecule has 0 aliphatic heterocycles. The Morgan fingerprint density at radius 1 is 0.875 bits per heavy atom. The number of nitrogens with one attached hydrogen (secondary N) is 1. The monoisotopic (exact) mass is 612 g/mol. The molecule has 0 fully saturated rings. The van der Waals surface area contributed by atoms with Gasteiger partial charge in [0, 0.05) is 17.7 Å². The van der Waals surface area contributed by atoms with Crippen LogP contribution < -0.4 is 9.46 Å². The summed E-state index contributed by atoms with van der Waals surface area (Å²) in [6, 6.07) is 27.2. The normalized spacial score (nSPS) is 11.6. The van der Waals surface area contributed by atoms with Crippen LogP contribution >= 0.6 is 23.2 Å². The Hall–Kier alpha value is -3.30. The van der Waals surface area contributed by atoms with Crippen LogP contribution in [0.2, 0.25) is 29.7 Å². The van der Waals surface area contributed by atoms with Crippen molar-refractivity contribution in [1.29, 1.82) is 0 Å². The fourth-order valence-corrected chi connectivity index (χ4v) is 6.90. The molecule has 0 radical (unpaired) electrons. The van der Waals surface area contributed by atoms with Crippen LogP contribution in [0.4, 0.5) is 5.69 Å². The second kappa shape index (κ2) is 12.5. The molecule has 0 aliphatic rings. The van der Waals surface area contributed by atoms with E-state index in [-0.39, 0.29) is 22.1 Å². The highest BCUT2D eigenvalue weighted by atomic mass is 35.5. The highest BCUT2D eigenvalue weighted by molar-refractivity contribution is 7.92. The van der Waals surface area contributed by atoms with E-state index < -0.39 is 18.1 Å². The molecule has 4 aromatic carbocycles. The summed E-state index contributed by atoms with van der Waals surface area (Å²) in [6.45, 7) is 6.94. The van der Waals surface area contributed by atoms with Crippen LogP contribution in [0.5, 0.6) is 11.5 Å². The summed E-state index contributed by atoms with van der Waals surface area (Å²) in [7, 11) is -5.76. The third-order valence-electron chi connectivity index (χ3n) is 5.82. The molecule has 0 saturated heterocycles. The average molecular weight is 614 g/mol. The molecule has 40 heavy (non-hydrogen) atoms. The number of para-hydroxylation sites is 1. The Morgan fingerprint density at radius 3 is 2.17 bits per heavy atom. The summed E-state index contributed by atoms with van der Waals surface area (Å²) in [5, 5.41) is 0.774. The zero-order valence-electron chi connectivity index (χ0n) is 22.4. The maximum absolute atomic E-state index is 13.9. The van der Waals surface area contributed by atoms with Crippen molar-refractivity contribution in [2.75, 3.05) is 10.9 Å². The van der Waals surface area contributed by atoms with E-state index in [0.717, 1.165) is 5.56 Å². The summed E-state index contributed by atoms with van der Waals surface area (Å²) in [5.74, 6) is 0.591. The maximum Gasteiger partial charge on any atom is 0.261 e. The number of hydrogen-bond acceptors (Lipinski definition) is 4. The van der Waals surface area contributed by atoms with E-state index in [1.807, 2.05) is 30.3 Å². The first-order valence-corrected chi connectivity index (χ1v) is 18.5. The van der Waals surface area contributed by atoms with Gasteiger partial charge in [0.1, 0.15) is 11.5 Å². The Balaban J connectivity index is 1.60. The standard InChI is InChI=1S/C30H30Cl2N2O4SSi/c1-40(2,3)21-34(20-22-9-5-4-6-10-22)30(35)26-19-23(31)13-18-28(26)33-39(36,37)25-16-14-24(15-17-25)38-29-12-8-7-11-27(29)32/h4-19,33H,20-21H2,1-3H3. The van der Waals surface area contributed by atoms with Gasteiger partial charge in [-0.1, -0.05) is 85.3 Å². The SMILES string of the molecule is C[Si](C)(C)CN(Cc1ccccc1)C(=O)c1cc(Cl)ccc1NS(=O)(=O)c1ccc(Oc2ccccc2Cl)cc1. The Bertz CT molecular complexity index is 1590. The van der Waals surface area contributed by atoms with E-state index in [0.29, 0.717) is 34.3 Å². The van der Waals surface area contributed by atoms with Gasteiger partial charge in [-0.15, -0.1) is 0 Å². The molecule has 1 N–H and O–H groups in total. The van der Waals surface area contributed by atoms with Gasteiger partial charge in [-0.2, -0.15) is 0 Å². The molecular formula is C30H30Cl2N2O4SSi. The second-order valence-corrected chi connectivity index (χ2v) is 18.5. The predicted molar refractivity (Wildman–Crippen MR) is 165 cm³/mol. The largest absolute Gasteiger partial charge is 0.456 e. The minimum Gasteiger partial charge on any atom is -0.456 e. The number of halogens is 2. The number of nitrogens with zero attached hydrogens (tertiary/aromatic N) is 1. The van der Waals surface area contributed by atoms with Gasteiger partial charge in [-0.25, -0.2) is 8.42 Å². The Labute approximate surface area is 246 Å². The molecule has 0 bridgehead atoms.